The van der Waals surface area contributed by atoms with Crippen LogP contribution in [-0.2, 0) is 10.3 Å². The molecule has 4 rings (SSSR count). The van der Waals surface area contributed by atoms with Gasteiger partial charge in [-0.15, -0.1) is 0 Å². The lowest BCUT2D eigenvalue weighted by Gasteiger charge is -2.35. The Morgan fingerprint density at radius 1 is 1.09 bits per heavy atom. The number of halogens is 1. The predicted octanol–water partition coefficient (Wildman–Crippen LogP) is 3.42. The van der Waals surface area contributed by atoms with Gasteiger partial charge in [0, 0.05) is 11.6 Å². The number of anilines is 1. The Kier molecular flexibility index (Phi) is 3.16. The Bertz CT molecular complexity index is 806. The third-order valence-electron chi connectivity index (χ3n) is 4.71. The summed E-state index contributed by atoms with van der Waals surface area (Å²) in [7, 11) is 0. The molecule has 1 saturated heterocycles. The van der Waals surface area contributed by atoms with Crippen LogP contribution in [-0.4, -0.2) is 23.3 Å². The standard InChI is InChI=1S/C18H15ClN2O2/c19-13-7-8-15-14(11-13)16(22)21-10-4-9-18(21,17(23)20-15)12-5-2-1-3-6-12/h1-3,5-8,11H,4,9-10H2,(H,20,23). The van der Waals surface area contributed by atoms with Crippen molar-refractivity contribution in [2.24, 2.45) is 0 Å². The van der Waals surface area contributed by atoms with Gasteiger partial charge in [-0.2, -0.15) is 0 Å². The zero-order valence-electron chi connectivity index (χ0n) is 12.4. The lowest BCUT2D eigenvalue weighted by Crippen LogP contribution is -2.51. The van der Waals surface area contributed by atoms with Gasteiger partial charge in [0.25, 0.3) is 11.8 Å². The van der Waals surface area contributed by atoms with Crippen LogP contribution in [0.2, 0.25) is 5.02 Å². The van der Waals surface area contributed by atoms with E-state index in [9.17, 15) is 9.59 Å². The summed E-state index contributed by atoms with van der Waals surface area (Å²) >= 11 is 6.04. The van der Waals surface area contributed by atoms with Crippen LogP contribution < -0.4 is 5.32 Å². The SMILES string of the molecule is O=C1c2cc(Cl)ccc2NC(=O)C2(c3ccccc3)CCCN12. The summed E-state index contributed by atoms with van der Waals surface area (Å²) in [5, 5.41) is 3.41. The van der Waals surface area contributed by atoms with Crippen molar-refractivity contribution in [3.05, 3.63) is 64.7 Å². The minimum absolute atomic E-state index is 0.151. The first-order chi connectivity index (χ1) is 11.1. The smallest absolute Gasteiger partial charge is 0.257 e. The van der Waals surface area contributed by atoms with Gasteiger partial charge >= 0.3 is 0 Å². The van der Waals surface area contributed by atoms with Crippen molar-refractivity contribution in [1.82, 2.24) is 4.90 Å². The van der Waals surface area contributed by atoms with Crippen molar-refractivity contribution in [3.8, 4) is 0 Å². The van der Waals surface area contributed by atoms with Crippen molar-refractivity contribution >= 4 is 29.1 Å². The maximum Gasteiger partial charge on any atom is 0.257 e. The molecular formula is C18H15ClN2O2. The number of hydrogen-bond donors (Lipinski definition) is 1. The lowest BCUT2D eigenvalue weighted by molar-refractivity contribution is -0.125. The summed E-state index contributed by atoms with van der Waals surface area (Å²) in [6.45, 7) is 0.563. The van der Waals surface area contributed by atoms with Crippen LogP contribution in [0.15, 0.2) is 48.5 Å². The number of rotatable bonds is 1. The van der Waals surface area contributed by atoms with Gasteiger partial charge < -0.3 is 10.2 Å². The van der Waals surface area contributed by atoms with Gasteiger partial charge in [-0.05, 0) is 36.6 Å². The Balaban J connectivity index is 1.92. The summed E-state index contributed by atoms with van der Waals surface area (Å²) in [5.41, 5.74) is 0.881. The van der Waals surface area contributed by atoms with E-state index in [4.69, 9.17) is 11.6 Å². The molecule has 2 aliphatic heterocycles. The number of nitrogens with one attached hydrogen (secondary N) is 1. The van der Waals surface area contributed by atoms with Crippen LogP contribution in [0.3, 0.4) is 0 Å². The fourth-order valence-electron chi connectivity index (χ4n) is 3.65. The van der Waals surface area contributed by atoms with Gasteiger partial charge in [0.1, 0.15) is 5.54 Å². The van der Waals surface area contributed by atoms with Gasteiger partial charge in [-0.25, -0.2) is 0 Å². The maximum atomic E-state index is 13.1. The number of carbonyl (C=O) groups is 2. The van der Waals surface area contributed by atoms with Crippen LogP contribution in [0.1, 0.15) is 28.8 Å². The molecule has 2 heterocycles. The summed E-state index contributed by atoms with van der Waals surface area (Å²) < 4.78 is 0. The first-order valence-electron chi connectivity index (χ1n) is 7.61. The zero-order chi connectivity index (χ0) is 16.0. The number of amides is 2. The Morgan fingerprint density at radius 3 is 2.65 bits per heavy atom. The van der Waals surface area contributed by atoms with Crippen molar-refractivity contribution in [3.63, 3.8) is 0 Å². The molecule has 2 amide bonds. The van der Waals surface area contributed by atoms with Gasteiger partial charge in [-0.1, -0.05) is 41.9 Å². The highest BCUT2D eigenvalue weighted by Gasteiger charge is 2.53. The van der Waals surface area contributed by atoms with E-state index in [0.29, 0.717) is 29.2 Å². The normalized spacial score (nSPS) is 23.1. The van der Waals surface area contributed by atoms with Crippen LogP contribution in [0.5, 0.6) is 0 Å². The molecule has 0 saturated carbocycles. The largest absolute Gasteiger partial charge is 0.323 e. The summed E-state index contributed by atoms with van der Waals surface area (Å²) in [6.07, 6.45) is 1.42. The van der Waals surface area contributed by atoms with E-state index in [1.807, 2.05) is 30.3 Å². The second-order valence-corrected chi connectivity index (χ2v) is 6.37. The highest BCUT2D eigenvalue weighted by molar-refractivity contribution is 6.31. The van der Waals surface area contributed by atoms with Gasteiger partial charge in [0.2, 0.25) is 0 Å². The molecular weight excluding hydrogens is 312 g/mol. The van der Waals surface area contributed by atoms with E-state index in [0.717, 1.165) is 12.0 Å². The van der Waals surface area contributed by atoms with Gasteiger partial charge in [-0.3, -0.25) is 9.59 Å². The van der Waals surface area contributed by atoms with E-state index in [1.165, 1.54) is 0 Å². The van der Waals surface area contributed by atoms with Crippen LogP contribution >= 0.6 is 11.6 Å². The highest BCUT2D eigenvalue weighted by Crippen LogP contribution is 2.43. The first kappa shape index (κ1) is 14.3. The van der Waals surface area contributed by atoms with Crippen molar-refractivity contribution < 1.29 is 9.59 Å². The number of carbonyl (C=O) groups excluding carboxylic acids is 2. The Morgan fingerprint density at radius 2 is 1.87 bits per heavy atom. The Labute approximate surface area is 139 Å². The predicted molar refractivity (Wildman–Crippen MR) is 88.5 cm³/mol. The maximum absolute atomic E-state index is 13.1. The minimum atomic E-state index is -0.941. The third-order valence-corrected chi connectivity index (χ3v) is 4.95. The fourth-order valence-corrected chi connectivity index (χ4v) is 3.82. The van der Waals surface area contributed by atoms with E-state index in [2.05, 4.69) is 5.32 Å². The molecule has 0 aliphatic carbocycles. The molecule has 0 bridgehead atoms. The first-order valence-corrected chi connectivity index (χ1v) is 7.99. The zero-order valence-corrected chi connectivity index (χ0v) is 13.1. The summed E-state index contributed by atoms with van der Waals surface area (Å²) in [6, 6.07) is 14.5. The third kappa shape index (κ3) is 1.98. The molecule has 116 valence electrons. The fraction of sp³-hybridized carbons (Fsp3) is 0.222. The second-order valence-electron chi connectivity index (χ2n) is 5.93. The average molecular weight is 327 g/mol. The number of benzene rings is 2. The minimum Gasteiger partial charge on any atom is -0.323 e. The van der Waals surface area contributed by atoms with E-state index < -0.39 is 5.54 Å². The number of nitrogens with zero attached hydrogens (tertiary/aromatic N) is 1. The van der Waals surface area contributed by atoms with Crippen LogP contribution in [0, 0.1) is 0 Å². The second kappa shape index (κ2) is 5.10. The van der Waals surface area contributed by atoms with Crippen molar-refractivity contribution in [2.45, 2.75) is 18.4 Å². The lowest BCUT2D eigenvalue weighted by atomic mass is 9.86. The molecule has 2 aliphatic rings. The van der Waals surface area contributed by atoms with Crippen molar-refractivity contribution in [2.75, 3.05) is 11.9 Å². The number of fused-ring (bicyclic) bond motifs is 2. The van der Waals surface area contributed by atoms with E-state index >= 15 is 0 Å². The molecule has 4 nitrogen and oxygen atoms in total. The molecule has 23 heavy (non-hydrogen) atoms. The Hall–Kier alpha value is -2.33. The molecule has 1 unspecified atom stereocenters. The monoisotopic (exact) mass is 326 g/mol. The van der Waals surface area contributed by atoms with E-state index in [1.54, 1.807) is 23.1 Å². The molecule has 1 atom stereocenters. The van der Waals surface area contributed by atoms with Crippen LogP contribution in [0.4, 0.5) is 5.69 Å². The van der Waals surface area contributed by atoms with Gasteiger partial charge in [0.05, 0.1) is 11.3 Å². The summed E-state index contributed by atoms with van der Waals surface area (Å²) in [5.74, 6) is -0.308. The molecule has 5 heteroatoms. The molecule has 1 N–H and O–H groups in total. The van der Waals surface area contributed by atoms with E-state index in [-0.39, 0.29) is 11.8 Å². The quantitative estimate of drug-likeness (QED) is 0.873. The molecule has 0 radical (unpaired) electrons. The molecule has 1 fully saturated rings. The van der Waals surface area contributed by atoms with Crippen LogP contribution in [0.25, 0.3) is 0 Å². The molecule has 0 spiro atoms. The molecule has 2 aromatic rings. The number of hydrogen-bond acceptors (Lipinski definition) is 2. The van der Waals surface area contributed by atoms with Crippen molar-refractivity contribution in [1.29, 1.82) is 0 Å². The molecule has 2 aromatic carbocycles. The highest BCUT2D eigenvalue weighted by atomic mass is 35.5. The summed E-state index contributed by atoms with van der Waals surface area (Å²) in [4.78, 5) is 27.8. The molecule has 0 aromatic heterocycles. The topological polar surface area (TPSA) is 49.4 Å². The average Bonchev–Trinajstić information content (AvgIpc) is 2.99. The van der Waals surface area contributed by atoms with Gasteiger partial charge in [0.15, 0.2) is 0 Å².